The first-order valence-electron chi connectivity index (χ1n) is 3.28. The van der Waals surface area contributed by atoms with Gasteiger partial charge in [0.15, 0.2) is 0 Å². The Morgan fingerprint density at radius 3 is 2.54 bits per heavy atom. The number of carbonyl (C=O) groups is 1. The molecule has 0 aliphatic heterocycles. The van der Waals surface area contributed by atoms with Gasteiger partial charge in [-0.1, -0.05) is 0 Å². The van der Waals surface area contributed by atoms with Gasteiger partial charge in [-0.05, 0) is 6.07 Å². The highest BCUT2D eigenvalue weighted by molar-refractivity contribution is 5.89. The zero-order chi connectivity index (χ0) is 10.1. The summed E-state index contributed by atoms with van der Waals surface area (Å²) in [4.78, 5) is 10.8. The third-order valence-corrected chi connectivity index (χ3v) is 1.41. The van der Waals surface area contributed by atoms with Crippen molar-refractivity contribution < 1.29 is 22.7 Å². The molecular weight excluding hydrogens is 187 g/mol. The first-order chi connectivity index (χ1) is 5.95. The van der Waals surface area contributed by atoms with Crippen LogP contribution in [0.5, 0.6) is 0 Å². The summed E-state index contributed by atoms with van der Waals surface area (Å²) in [6, 6.07) is 1.04. The lowest BCUT2D eigenvalue weighted by Crippen LogP contribution is -2.14. The molecule has 1 rings (SSSR count). The monoisotopic (exact) mass is 193 g/mol. The number of alkyl halides is 3. The van der Waals surface area contributed by atoms with Crippen LogP contribution in [0.15, 0.2) is 18.5 Å². The quantitative estimate of drug-likeness (QED) is 0.636. The summed E-state index contributed by atoms with van der Waals surface area (Å²) in [6.45, 7) is 0. The zero-order valence-electron chi connectivity index (χ0n) is 6.63. The van der Waals surface area contributed by atoms with E-state index in [0.29, 0.717) is 6.20 Å². The Balaban J connectivity index is 2.93. The molecular formula is C7H6F3NO2. The molecule has 0 amide bonds. The van der Waals surface area contributed by atoms with Crippen LogP contribution in [0.2, 0.25) is 0 Å². The van der Waals surface area contributed by atoms with Crippen molar-refractivity contribution in [1.29, 1.82) is 0 Å². The number of ether oxygens (including phenoxy) is 1. The molecule has 1 heterocycles. The van der Waals surface area contributed by atoms with Gasteiger partial charge >= 0.3 is 12.3 Å². The first-order valence-corrected chi connectivity index (χ1v) is 3.28. The van der Waals surface area contributed by atoms with Gasteiger partial charge in [0, 0.05) is 12.4 Å². The number of hydrogen-bond acceptors (Lipinski definition) is 2. The minimum atomic E-state index is -4.49. The zero-order valence-corrected chi connectivity index (χ0v) is 6.63. The summed E-state index contributed by atoms with van der Waals surface area (Å²) in [7, 11) is 1.10. The van der Waals surface area contributed by atoms with E-state index in [-0.39, 0.29) is 10.1 Å². The van der Waals surface area contributed by atoms with E-state index in [1.54, 1.807) is 0 Å². The van der Waals surface area contributed by atoms with Crippen molar-refractivity contribution in [2.45, 2.75) is 6.30 Å². The Hall–Kier alpha value is -1.46. The molecule has 0 atom stereocenters. The number of aromatic nitrogens is 1. The molecule has 1 aromatic heterocycles. The third-order valence-electron chi connectivity index (χ3n) is 1.41. The van der Waals surface area contributed by atoms with Crippen LogP contribution in [0.1, 0.15) is 10.4 Å². The van der Waals surface area contributed by atoms with Crippen molar-refractivity contribution in [2.75, 3.05) is 7.11 Å². The van der Waals surface area contributed by atoms with E-state index < -0.39 is 12.3 Å². The second-order valence-corrected chi connectivity index (χ2v) is 2.27. The fourth-order valence-electron chi connectivity index (χ4n) is 0.793. The number of rotatable bonds is 1. The predicted molar refractivity (Wildman–Crippen MR) is 37.1 cm³/mol. The van der Waals surface area contributed by atoms with E-state index in [0.717, 1.165) is 19.4 Å². The molecule has 0 saturated carbocycles. The van der Waals surface area contributed by atoms with Crippen LogP contribution >= 0.6 is 0 Å². The Kier molecular flexibility index (Phi) is 2.31. The summed E-state index contributed by atoms with van der Waals surface area (Å²) >= 11 is 0. The molecule has 0 spiro atoms. The molecule has 3 nitrogen and oxygen atoms in total. The van der Waals surface area contributed by atoms with Gasteiger partial charge in [-0.25, -0.2) is 4.79 Å². The largest absolute Gasteiger partial charge is 0.488 e. The lowest BCUT2D eigenvalue weighted by atomic mass is 10.3. The second-order valence-electron chi connectivity index (χ2n) is 2.27. The van der Waals surface area contributed by atoms with E-state index in [1.807, 2.05) is 0 Å². The minimum absolute atomic E-state index is 0.0146. The van der Waals surface area contributed by atoms with Gasteiger partial charge in [-0.3, -0.25) is 4.57 Å². The van der Waals surface area contributed by atoms with Gasteiger partial charge in [-0.15, -0.1) is 13.2 Å². The van der Waals surface area contributed by atoms with E-state index in [9.17, 15) is 18.0 Å². The van der Waals surface area contributed by atoms with Crippen LogP contribution in [0, 0.1) is 0 Å². The summed E-state index contributed by atoms with van der Waals surface area (Å²) in [5.74, 6) is -0.789. The van der Waals surface area contributed by atoms with E-state index in [1.165, 1.54) is 0 Å². The Morgan fingerprint density at radius 2 is 2.15 bits per heavy atom. The number of carbonyl (C=O) groups excluding carboxylic acids is 1. The van der Waals surface area contributed by atoms with Crippen LogP contribution in [-0.4, -0.2) is 17.6 Å². The highest BCUT2D eigenvalue weighted by Gasteiger charge is 2.30. The lowest BCUT2D eigenvalue weighted by Gasteiger charge is -2.05. The molecule has 0 aromatic carbocycles. The van der Waals surface area contributed by atoms with Crippen molar-refractivity contribution in [1.82, 2.24) is 4.57 Å². The molecule has 0 radical (unpaired) electrons. The molecule has 0 aliphatic rings. The summed E-state index contributed by atoms with van der Waals surface area (Å²) in [5, 5.41) is 0. The molecule has 1 aromatic rings. The highest BCUT2D eigenvalue weighted by Crippen LogP contribution is 2.22. The van der Waals surface area contributed by atoms with Gasteiger partial charge < -0.3 is 4.74 Å². The molecule has 0 unspecified atom stereocenters. The Bertz CT molecular complexity index is 316. The van der Waals surface area contributed by atoms with E-state index in [2.05, 4.69) is 4.74 Å². The third kappa shape index (κ3) is 2.01. The predicted octanol–water partition coefficient (Wildman–Crippen LogP) is 1.75. The Morgan fingerprint density at radius 1 is 1.54 bits per heavy atom. The average molecular weight is 193 g/mol. The molecule has 0 bridgehead atoms. The fourth-order valence-corrected chi connectivity index (χ4v) is 0.793. The normalized spacial score (nSPS) is 11.4. The van der Waals surface area contributed by atoms with Gasteiger partial charge in [-0.2, -0.15) is 0 Å². The average Bonchev–Trinajstić information content (AvgIpc) is 2.50. The topological polar surface area (TPSA) is 31.2 Å². The number of nitrogens with zero attached hydrogens (tertiary/aromatic N) is 1. The number of esters is 1. The molecule has 6 heteroatoms. The Labute approximate surface area is 71.7 Å². The second kappa shape index (κ2) is 3.12. The first kappa shape index (κ1) is 9.63. The molecule has 0 fully saturated rings. The number of halogens is 3. The van der Waals surface area contributed by atoms with Gasteiger partial charge in [0.2, 0.25) is 0 Å². The number of hydrogen-bond donors (Lipinski definition) is 0. The van der Waals surface area contributed by atoms with Crippen molar-refractivity contribution in [3.8, 4) is 0 Å². The highest BCUT2D eigenvalue weighted by atomic mass is 19.4. The maximum Gasteiger partial charge on any atom is 0.488 e. The van der Waals surface area contributed by atoms with Crippen LogP contribution in [0.25, 0.3) is 0 Å². The summed E-state index contributed by atoms with van der Waals surface area (Å²) in [6.07, 6.45) is -3.07. The van der Waals surface area contributed by atoms with Crippen LogP contribution < -0.4 is 0 Å². The molecule has 0 aliphatic carbocycles. The SMILES string of the molecule is COC(=O)c1ccn(C(F)(F)F)c1. The molecule has 13 heavy (non-hydrogen) atoms. The standard InChI is InChI=1S/C7H6F3NO2/c1-13-6(12)5-2-3-11(4-5)7(8,9)10/h2-4H,1H3. The van der Waals surface area contributed by atoms with Crippen LogP contribution in [-0.2, 0) is 11.0 Å². The van der Waals surface area contributed by atoms with Crippen LogP contribution in [0.4, 0.5) is 13.2 Å². The lowest BCUT2D eigenvalue weighted by molar-refractivity contribution is -0.203. The summed E-state index contributed by atoms with van der Waals surface area (Å²) in [5.41, 5.74) is -0.125. The molecule has 0 saturated heterocycles. The van der Waals surface area contributed by atoms with E-state index >= 15 is 0 Å². The summed E-state index contributed by atoms with van der Waals surface area (Å²) < 4.78 is 40.2. The van der Waals surface area contributed by atoms with E-state index in [4.69, 9.17) is 0 Å². The minimum Gasteiger partial charge on any atom is -0.465 e. The van der Waals surface area contributed by atoms with Crippen molar-refractivity contribution in [3.05, 3.63) is 24.0 Å². The van der Waals surface area contributed by atoms with Crippen molar-refractivity contribution >= 4 is 5.97 Å². The molecule has 72 valence electrons. The fraction of sp³-hybridized carbons (Fsp3) is 0.286. The number of methoxy groups -OCH3 is 1. The van der Waals surface area contributed by atoms with Gasteiger partial charge in [0.05, 0.1) is 12.7 Å². The maximum atomic E-state index is 12.0. The van der Waals surface area contributed by atoms with Gasteiger partial charge in [0.1, 0.15) is 0 Å². The van der Waals surface area contributed by atoms with Crippen molar-refractivity contribution in [2.24, 2.45) is 0 Å². The van der Waals surface area contributed by atoms with Crippen molar-refractivity contribution in [3.63, 3.8) is 0 Å². The molecule has 0 N–H and O–H groups in total. The maximum absolute atomic E-state index is 12.0. The van der Waals surface area contributed by atoms with Crippen LogP contribution in [0.3, 0.4) is 0 Å². The smallest absolute Gasteiger partial charge is 0.465 e. The van der Waals surface area contributed by atoms with Gasteiger partial charge in [0.25, 0.3) is 0 Å².